The molecule has 1 heterocycles. The predicted molar refractivity (Wildman–Crippen MR) is 98.1 cm³/mol. The van der Waals surface area contributed by atoms with Crippen LogP contribution in [0.3, 0.4) is 0 Å². The van der Waals surface area contributed by atoms with E-state index in [1.165, 1.54) is 0 Å². The van der Waals surface area contributed by atoms with Gasteiger partial charge in [0, 0.05) is 17.1 Å². The van der Waals surface area contributed by atoms with Crippen LogP contribution >= 0.6 is 11.6 Å². The summed E-state index contributed by atoms with van der Waals surface area (Å²) >= 11 is 5.89. The summed E-state index contributed by atoms with van der Waals surface area (Å²) in [6, 6.07) is 10.8. The number of hydrogen-bond donors (Lipinski definition) is 1. The summed E-state index contributed by atoms with van der Waals surface area (Å²) in [5.74, 6) is -0.665. The maximum Gasteiger partial charge on any atom is 0.253 e. The number of carbonyl (C=O) groups is 2. The summed E-state index contributed by atoms with van der Waals surface area (Å²) in [6.45, 7) is 4.38. The van der Waals surface area contributed by atoms with Crippen LogP contribution in [0.2, 0.25) is 5.02 Å². The van der Waals surface area contributed by atoms with Crippen LogP contribution < -0.4 is 15.9 Å². The zero-order chi connectivity index (χ0) is 18.0. The van der Waals surface area contributed by atoms with Crippen LogP contribution in [0.5, 0.6) is 0 Å². The summed E-state index contributed by atoms with van der Waals surface area (Å²) in [5.41, 5.74) is 2.67. The lowest BCUT2D eigenvalue weighted by atomic mass is 9.98. The molecule has 3 rings (SSSR count). The Balaban J connectivity index is 1.68. The molecule has 0 saturated carbocycles. The molecule has 0 spiro atoms. The lowest BCUT2D eigenvalue weighted by molar-refractivity contribution is -0.120. The maximum atomic E-state index is 12.3. The smallest absolute Gasteiger partial charge is 0.253 e. The van der Waals surface area contributed by atoms with E-state index in [4.69, 9.17) is 11.6 Å². The highest BCUT2D eigenvalue weighted by Gasteiger charge is 2.19. The molecule has 128 valence electrons. The number of nitrogens with one attached hydrogen (secondary N) is 1. The van der Waals surface area contributed by atoms with Crippen LogP contribution in [0.4, 0.5) is 0 Å². The average Bonchev–Trinajstić information content (AvgIpc) is 2.59. The SMILES string of the molecule is Cc1ccc2c(c1C)=NC(=O)C(CCNC(=O)c1cccc(Cl)c1)C=2. The summed E-state index contributed by atoms with van der Waals surface area (Å²) in [4.78, 5) is 28.6. The molecule has 1 atom stereocenters. The number of halogens is 1. The van der Waals surface area contributed by atoms with Crippen LogP contribution in [0.1, 0.15) is 27.9 Å². The Kier molecular flexibility index (Phi) is 5.00. The molecule has 1 N–H and O–H groups in total. The first-order valence-corrected chi connectivity index (χ1v) is 8.58. The summed E-state index contributed by atoms with van der Waals surface area (Å²) in [6.07, 6.45) is 2.46. The number of fused-ring (bicyclic) bond motifs is 1. The van der Waals surface area contributed by atoms with Gasteiger partial charge in [-0.1, -0.05) is 35.9 Å². The van der Waals surface area contributed by atoms with Crippen molar-refractivity contribution in [3.63, 3.8) is 0 Å². The third-order valence-corrected chi connectivity index (χ3v) is 4.72. The van der Waals surface area contributed by atoms with E-state index in [-0.39, 0.29) is 17.7 Å². The fourth-order valence-electron chi connectivity index (χ4n) is 2.87. The molecule has 0 bridgehead atoms. The first-order valence-electron chi connectivity index (χ1n) is 8.20. The van der Waals surface area contributed by atoms with Gasteiger partial charge >= 0.3 is 0 Å². The van der Waals surface area contributed by atoms with E-state index in [2.05, 4.69) is 10.3 Å². The maximum absolute atomic E-state index is 12.3. The Morgan fingerprint density at radius 1 is 1.24 bits per heavy atom. The van der Waals surface area contributed by atoms with Crippen molar-refractivity contribution in [2.24, 2.45) is 10.9 Å². The number of rotatable bonds is 4. The second kappa shape index (κ2) is 7.19. The second-order valence-electron chi connectivity index (χ2n) is 6.22. The standard InChI is InChI=1S/C20H19ClN2O2/c1-12-6-7-14-10-16(20(25)23-18(14)13(12)2)8-9-22-19(24)15-4-3-5-17(21)11-15/h3-7,10-11,16H,8-9H2,1-2H3,(H,22,24). The Bertz CT molecular complexity index is 966. The first-order chi connectivity index (χ1) is 12.0. The van der Waals surface area contributed by atoms with Gasteiger partial charge in [-0.05, 0) is 54.8 Å². The minimum absolute atomic E-state index is 0.154. The monoisotopic (exact) mass is 354 g/mol. The molecular weight excluding hydrogens is 336 g/mol. The van der Waals surface area contributed by atoms with Crippen LogP contribution in [-0.2, 0) is 4.79 Å². The number of aryl methyl sites for hydroxylation is 1. The fraction of sp³-hybridized carbons (Fsp3) is 0.250. The topological polar surface area (TPSA) is 58.5 Å². The number of benzene rings is 2. The van der Waals surface area contributed by atoms with E-state index in [0.717, 1.165) is 21.7 Å². The van der Waals surface area contributed by atoms with E-state index in [1.54, 1.807) is 24.3 Å². The van der Waals surface area contributed by atoms with Crippen molar-refractivity contribution >= 4 is 29.5 Å². The molecular formula is C20H19ClN2O2. The average molecular weight is 355 g/mol. The lowest BCUT2D eigenvalue weighted by Gasteiger charge is -2.14. The Hall–Kier alpha value is -2.46. The summed E-state index contributed by atoms with van der Waals surface area (Å²) < 4.78 is 0. The third kappa shape index (κ3) is 3.80. The van der Waals surface area contributed by atoms with Gasteiger partial charge in [-0.3, -0.25) is 9.59 Å². The van der Waals surface area contributed by atoms with Crippen molar-refractivity contribution in [2.75, 3.05) is 6.54 Å². The molecule has 1 aliphatic heterocycles. The van der Waals surface area contributed by atoms with E-state index in [9.17, 15) is 9.59 Å². The van der Waals surface area contributed by atoms with E-state index < -0.39 is 0 Å². The first kappa shape index (κ1) is 17.4. The van der Waals surface area contributed by atoms with Crippen molar-refractivity contribution in [3.8, 4) is 0 Å². The highest BCUT2D eigenvalue weighted by atomic mass is 35.5. The lowest BCUT2D eigenvalue weighted by Crippen LogP contribution is -2.37. The van der Waals surface area contributed by atoms with Gasteiger partial charge in [-0.2, -0.15) is 0 Å². The van der Waals surface area contributed by atoms with Crippen LogP contribution in [0.25, 0.3) is 6.08 Å². The van der Waals surface area contributed by atoms with Crippen molar-refractivity contribution in [3.05, 3.63) is 68.7 Å². The van der Waals surface area contributed by atoms with Gasteiger partial charge in [0.15, 0.2) is 0 Å². The van der Waals surface area contributed by atoms with Gasteiger partial charge in [0.2, 0.25) is 0 Å². The molecule has 2 amide bonds. The number of nitrogens with zero attached hydrogens (tertiary/aromatic N) is 1. The van der Waals surface area contributed by atoms with Crippen molar-refractivity contribution in [1.29, 1.82) is 0 Å². The molecule has 0 aliphatic carbocycles. The number of hydrogen-bond acceptors (Lipinski definition) is 2. The van der Waals surface area contributed by atoms with Gasteiger partial charge in [0.1, 0.15) is 0 Å². The van der Waals surface area contributed by atoms with Crippen LogP contribution in [-0.4, -0.2) is 18.4 Å². The molecule has 2 aromatic rings. The van der Waals surface area contributed by atoms with Crippen molar-refractivity contribution in [1.82, 2.24) is 5.32 Å². The summed E-state index contributed by atoms with van der Waals surface area (Å²) in [5, 5.41) is 5.09. The molecule has 25 heavy (non-hydrogen) atoms. The Morgan fingerprint density at radius 2 is 2.04 bits per heavy atom. The highest BCUT2D eigenvalue weighted by molar-refractivity contribution is 6.30. The van der Waals surface area contributed by atoms with E-state index >= 15 is 0 Å². The molecule has 5 heteroatoms. The third-order valence-electron chi connectivity index (χ3n) is 4.48. The molecule has 4 nitrogen and oxygen atoms in total. The zero-order valence-electron chi connectivity index (χ0n) is 14.2. The minimum atomic E-state index is -0.311. The van der Waals surface area contributed by atoms with Crippen LogP contribution in [0.15, 0.2) is 41.4 Å². The van der Waals surface area contributed by atoms with Gasteiger partial charge < -0.3 is 5.32 Å². The number of amides is 2. The second-order valence-corrected chi connectivity index (χ2v) is 6.66. The molecule has 2 aromatic carbocycles. The fourth-order valence-corrected chi connectivity index (χ4v) is 3.06. The van der Waals surface area contributed by atoms with Gasteiger partial charge in [0.05, 0.1) is 11.3 Å². The van der Waals surface area contributed by atoms with Gasteiger partial charge in [0.25, 0.3) is 11.8 Å². The molecule has 0 saturated heterocycles. The van der Waals surface area contributed by atoms with E-state index in [0.29, 0.717) is 23.6 Å². The van der Waals surface area contributed by atoms with Gasteiger partial charge in [-0.15, -0.1) is 0 Å². The minimum Gasteiger partial charge on any atom is -0.352 e. The quantitative estimate of drug-likeness (QED) is 0.916. The number of carbonyl (C=O) groups excluding carboxylic acids is 2. The molecule has 1 aliphatic rings. The zero-order valence-corrected chi connectivity index (χ0v) is 14.9. The Labute approximate surface area is 151 Å². The van der Waals surface area contributed by atoms with Crippen molar-refractivity contribution < 1.29 is 9.59 Å². The van der Waals surface area contributed by atoms with E-state index in [1.807, 2.05) is 32.1 Å². The molecule has 1 unspecified atom stereocenters. The molecule has 0 radical (unpaired) electrons. The largest absolute Gasteiger partial charge is 0.352 e. The molecule has 0 fully saturated rings. The highest BCUT2D eigenvalue weighted by Crippen LogP contribution is 2.12. The van der Waals surface area contributed by atoms with Crippen molar-refractivity contribution in [2.45, 2.75) is 20.3 Å². The predicted octanol–water partition coefficient (Wildman–Crippen LogP) is 2.33. The van der Waals surface area contributed by atoms with Crippen LogP contribution in [0, 0.1) is 19.8 Å². The summed E-state index contributed by atoms with van der Waals surface area (Å²) in [7, 11) is 0. The normalized spacial score (nSPS) is 15.8. The van der Waals surface area contributed by atoms with Gasteiger partial charge in [-0.25, -0.2) is 4.99 Å². The Morgan fingerprint density at radius 3 is 2.80 bits per heavy atom. The molecule has 0 aromatic heterocycles.